The number of carbonyl (C=O) groups excluding carboxylic acids is 1. The number of hydrogen-bond donors (Lipinski definition) is 2. The number of rotatable bonds is 4. The first kappa shape index (κ1) is 13.2. The highest BCUT2D eigenvalue weighted by Gasteiger charge is 2.43. The highest BCUT2D eigenvalue weighted by molar-refractivity contribution is 5.85. The molecule has 1 aromatic carbocycles. The molecular formula is C16H19NO3. The van der Waals surface area contributed by atoms with Crippen LogP contribution in [-0.4, -0.2) is 23.0 Å². The third-order valence-corrected chi connectivity index (χ3v) is 4.52. The summed E-state index contributed by atoms with van der Waals surface area (Å²) >= 11 is 0. The molecule has 0 bridgehead atoms. The van der Waals surface area contributed by atoms with Crippen LogP contribution in [0.3, 0.4) is 0 Å². The van der Waals surface area contributed by atoms with Gasteiger partial charge in [-0.25, -0.2) is 0 Å². The van der Waals surface area contributed by atoms with Crippen LogP contribution in [0.15, 0.2) is 30.3 Å². The van der Waals surface area contributed by atoms with Crippen molar-refractivity contribution in [1.29, 1.82) is 0 Å². The van der Waals surface area contributed by atoms with E-state index in [4.69, 9.17) is 5.11 Å². The molecule has 4 atom stereocenters. The van der Waals surface area contributed by atoms with Crippen molar-refractivity contribution in [3.8, 4) is 0 Å². The van der Waals surface area contributed by atoms with E-state index in [-0.39, 0.29) is 17.9 Å². The van der Waals surface area contributed by atoms with Gasteiger partial charge in [0.15, 0.2) is 0 Å². The fourth-order valence-corrected chi connectivity index (χ4v) is 3.28. The SMILES string of the molecule is O=C(O)C1CCCC1C(=O)NC1CC1c1ccccc1. The molecule has 1 aromatic rings. The van der Waals surface area contributed by atoms with Crippen molar-refractivity contribution < 1.29 is 14.7 Å². The van der Waals surface area contributed by atoms with E-state index in [1.807, 2.05) is 18.2 Å². The van der Waals surface area contributed by atoms with E-state index >= 15 is 0 Å². The summed E-state index contributed by atoms with van der Waals surface area (Å²) < 4.78 is 0. The minimum absolute atomic E-state index is 0.0710. The van der Waals surface area contributed by atoms with Crippen molar-refractivity contribution >= 4 is 11.9 Å². The Hall–Kier alpha value is -1.84. The average molecular weight is 273 g/mol. The van der Waals surface area contributed by atoms with Crippen LogP contribution in [0.4, 0.5) is 0 Å². The average Bonchev–Trinajstić information content (AvgIpc) is 3.02. The van der Waals surface area contributed by atoms with E-state index in [0.717, 1.165) is 12.8 Å². The van der Waals surface area contributed by atoms with Crippen LogP contribution in [0, 0.1) is 11.8 Å². The van der Waals surface area contributed by atoms with E-state index in [1.165, 1.54) is 5.56 Å². The Kier molecular flexibility index (Phi) is 3.47. The van der Waals surface area contributed by atoms with Gasteiger partial charge in [0.2, 0.25) is 5.91 Å². The third kappa shape index (κ3) is 2.55. The van der Waals surface area contributed by atoms with Gasteiger partial charge in [-0.05, 0) is 24.8 Å². The van der Waals surface area contributed by atoms with Crippen LogP contribution >= 0.6 is 0 Å². The first-order valence-corrected chi connectivity index (χ1v) is 7.25. The molecule has 0 aliphatic heterocycles. The normalized spacial score (nSPS) is 31.8. The summed E-state index contributed by atoms with van der Waals surface area (Å²) in [5.74, 6) is -1.35. The molecule has 0 spiro atoms. The summed E-state index contributed by atoms with van der Waals surface area (Å²) in [5, 5.41) is 12.2. The lowest BCUT2D eigenvalue weighted by atomic mass is 9.95. The number of carboxylic acids is 1. The standard InChI is InChI=1S/C16H19NO3/c18-15(11-7-4-8-12(11)16(19)20)17-14-9-13(14)10-5-2-1-3-6-10/h1-3,5-6,11-14H,4,7-9H2,(H,17,18)(H,19,20). The van der Waals surface area contributed by atoms with E-state index < -0.39 is 11.9 Å². The quantitative estimate of drug-likeness (QED) is 0.883. The smallest absolute Gasteiger partial charge is 0.307 e. The van der Waals surface area contributed by atoms with Crippen molar-refractivity contribution in [3.05, 3.63) is 35.9 Å². The zero-order chi connectivity index (χ0) is 14.1. The molecule has 4 unspecified atom stereocenters. The zero-order valence-electron chi connectivity index (χ0n) is 11.3. The first-order valence-electron chi connectivity index (χ1n) is 7.25. The van der Waals surface area contributed by atoms with Crippen LogP contribution < -0.4 is 5.32 Å². The van der Waals surface area contributed by atoms with Crippen molar-refractivity contribution in [2.45, 2.75) is 37.6 Å². The monoisotopic (exact) mass is 273 g/mol. The lowest BCUT2D eigenvalue weighted by Gasteiger charge is -2.15. The first-order chi connectivity index (χ1) is 9.66. The highest BCUT2D eigenvalue weighted by Crippen LogP contribution is 2.41. The Balaban J connectivity index is 1.57. The van der Waals surface area contributed by atoms with E-state index in [0.29, 0.717) is 18.8 Å². The molecule has 2 aliphatic carbocycles. The molecule has 0 saturated heterocycles. The van der Waals surface area contributed by atoms with Gasteiger partial charge >= 0.3 is 5.97 Å². The number of carbonyl (C=O) groups is 2. The van der Waals surface area contributed by atoms with Gasteiger partial charge in [-0.2, -0.15) is 0 Å². The number of hydrogen-bond acceptors (Lipinski definition) is 2. The Morgan fingerprint density at radius 2 is 1.80 bits per heavy atom. The van der Waals surface area contributed by atoms with Crippen molar-refractivity contribution in [2.75, 3.05) is 0 Å². The fourth-order valence-electron chi connectivity index (χ4n) is 3.28. The molecule has 106 valence electrons. The molecule has 2 N–H and O–H groups in total. The predicted octanol–water partition coefficient (Wildman–Crippen LogP) is 2.16. The van der Waals surface area contributed by atoms with Gasteiger partial charge in [0.25, 0.3) is 0 Å². The summed E-state index contributed by atoms with van der Waals surface area (Å²) in [6.45, 7) is 0. The Morgan fingerprint density at radius 3 is 2.50 bits per heavy atom. The molecule has 2 saturated carbocycles. The van der Waals surface area contributed by atoms with Crippen LogP contribution in [0.1, 0.15) is 37.2 Å². The van der Waals surface area contributed by atoms with Crippen LogP contribution in [0.5, 0.6) is 0 Å². The van der Waals surface area contributed by atoms with Gasteiger partial charge in [-0.15, -0.1) is 0 Å². The molecule has 2 aliphatic rings. The molecule has 0 aromatic heterocycles. The van der Waals surface area contributed by atoms with Gasteiger partial charge in [-0.1, -0.05) is 36.8 Å². The predicted molar refractivity (Wildman–Crippen MR) is 74.2 cm³/mol. The van der Waals surface area contributed by atoms with Crippen molar-refractivity contribution in [3.63, 3.8) is 0 Å². The molecule has 1 amide bonds. The molecule has 0 heterocycles. The third-order valence-electron chi connectivity index (χ3n) is 4.52. The number of carboxylic acid groups (broad SMARTS) is 1. The van der Waals surface area contributed by atoms with Crippen LogP contribution in [0.2, 0.25) is 0 Å². The second-order valence-electron chi connectivity index (χ2n) is 5.85. The summed E-state index contributed by atoms with van der Waals surface area (Å²) in [6, 6.07) is 10.3. The van der Waals surface area contributed by atoms with Gasteiger partial charge in [0.05, 0.1) is 11.8 Å². The van der Waals surface area contributed by atoms with Gasteiger partial charge < -0.3 is 10.4 Å². The molecular weight excluding hydrogens is 254 g/mol. The van der Waals surface area contributed by atoms with Crippen LogP contribution in [0.25, 0.3) is 0 Å². The lowest BCUT2D eigenvalue weighted by molar-refractivity contribution is -0.146. The largest absolute Gasteiger partial charge is 0.481 e. The molecule has 20 heavy (non-hydrogen) atoms. The van der Waals surface area contributed by atoms with E-state index in [9.17, 15) is 9.59 Å². The lowest BCUT2D eigenvalue weighted by Crippen LogP contribution is -2.36. The minimum atomic E-state index is -0.835. The Bertz CT molecular complexity index is 514. The molecule has 2 fully saturated rings. The second kappa shape index (κ2) is 5.27. The maximum Gasteiger partial charge on any atom is 0.307 e. The number of aliphatic carboxylic acids is 1. The van der Waals surface area contributed by atoms with E-state index in [2.05, 4.69) is 17.4 Å². The molecule has 3 rings (SSSR count). The molecule has 4 nitrogen and oxygen atoms in total. The second-order valence-corrected chi connectivity index (χ2v) is 5.85. The Morgan fingerprint density at radius 1 is 1.10 bits per heavy atom. The van der Waals surface area contributed by atoms with Gasteiger partial charge in [-0.3, -0.25) is 9.59 Å². The van der Waals surface area contributed by atoms with Crippen molar-refractivity contribution in [1.82, 2.24) is 5.32 Å². The maximum atomic E-state index is 12.2. The number of nitrogens with one attached hydrogen (secondary N) is 1. The maximum absolute atomic E-state index is 12.2. The summed E-state index contributed by atoms with van der Waals surface area (Å²) in [5.41, 5.74) is 1.25. The summed E-state index contributed by atoms with van der Waals surface area (Å²) in [4.78, 5) is 23.3. The topological polar surface area (TPSA) is 66.4 Å². The van der Waals surface area contributed by atoms with Crippen molar-refractivity contribution in [2.24, 2.45) is 11.8 Å². The van der Waals surface area contributed by atoms with Gasteiger partial charge in [0, 0.05) is 12.0 Å². The highest BCUT2D eigenvalue weighted by atomic mass is 16.4. The molecule has 0 radical (unpaired) electrons. The van der Waals surface area contributed by atoms with E-state index in [1.54, 1.807) is 0 Å². The van der Waals surface area contributed by atoms with Gasteiger partial charge in [0.1, 0.15) is 0 Å². The minimum Gasteiger partial charge on any atom is -0.481 e. The zero-order valence-corrected chi connectivity index (χ0v) is 11.3. The summed E-state index contributed by atoms with van der Waals surface area (Å²) in [6.07, 6.45) is 3.12. The van der Waals surface area contributed by atoms with Crippen LogP contribution in [-0.2, 0) is 9.59 Å². The molecule has 4 heteroatoms. The fraction of sp³-hybridized carbons (Fsp3) is 0.500. The summed E-state index contributed by atoms with van der Waals surface area (Å²) in [7, 11) is 0. The number of amides is 1. The number of benzene rings is 1. The Labute approximate surface area is 118 Å².